The van der Waals surface area contributed by atoms with Gasteiger partial charge in [-0.15, -0.1) is 0 Å². The molecule has 1 heterocycles. The lowest BCUT2D eigenvalue weighted by Gasteiger charge is -2.20. The van der Waals surface area contributed by atoms with Crippen LogP contribution in [0.1, 0.15) is 16.8 Å². The van der Waals surface area contributed by atoms with E-state index in [9.17, 15) is 14.4 Å². The molecule has 0 aromatic heterocycles. The summed E-state index contributed by atoms with van der Waals surface area (Å²) in [7, 11) is 4.79. The minimum absolute atomic E-state index is 0.155. The van der Waals surface area contributed by atoms with Gasteiger partial charge in [-0.25, -0.2) is 4.79 Å². The minimum Gasteiger partial charge on any atom is -0.467 e. The van der Waals surface area contributed by atoms with Crippen LogP contribution in [0.25, 0.3) is 0 Å². The second-order valence-electron chi connectivity index (χ2n) is 5.21. The van der Waals surface area contributed by atoms with Crippen LogP contribution in [0.15, 0.2) is 42.1 Å². The Labute approximate surface area is 129 Å². The monoisotopic (exact) mass is 302 g/mol. The fourth-order valence-corrected chi connectivity index (χ4v) is 2.38. The van der Waals surface area contributed by atoms with Crippen LogP contribution in [0.5, 0.6) is 0 Å². The molecule has 1 fully saturated rings. The number of amides is 2. The summed E-state index contributed by atoms with van der Waals surface area (Å²) in [6.07, 6.45) is 1.78. The number of hydrogen-bond donors (Lipinski definition) is 0. The highest BCUT2D eigenvalue weighted by molar-refractivity contribution is 6.14. The number of nitrogens with zero attached hydrogens (tertiary/aromatic N) is 2. The highest BCUT2D eigenvalue weighted by atomic mass is 16.5. The van der Waals surface area contributed by atoms with Gasteiger partial charge in [0.15, 0.2) is 0 Å². The van der Waals surface area contributed by atoms with E-state index in [4.69, 9.17) is 4.74 Å². The number of carbonyl (C=O) groups excluding carboxylic acids is 3. The van der Waals surface area contributed by atoms with Gasteiger partial charge in [-0.3, -0.25) is 14.5 Å². The van der Waals surface area contributed by atoms with Gasteiger partial charge in [-0.1, -0.05) is 18.2 Å². The van der Waals surface area contributed by atoms with Crippen molar-refractivity contribution in [3.63, 3.8) is 0 Å². The summed E-state index contributed by atoms with van der Waals surface area (Å²) in [4.78, 5) is 39.7. The number of esters is 1. The second kappa shape index (κ2) is 6.43. The highest BCUT2D eigenvalue weighted by Crippen LogP contribution is 2.27. The summed E-state index contributed by atoms with van der Waals surface area (Å²) in [6, 6.07) is 7.48. The van der Waals surface area contributed by atoms with E-state index in [0.29, 0.717) is 11.1 Å². The van der Waals surface area contributed by atoms with Crippen molar-refractivity contribution >= 4 is 17.8 Å². The number of benzene rings is 1. The van der Waals surface area contributed by atoms with E-state index in [0.717, 1.165) is 4.90 Å². The Balaban J connectivity index is 2.39. The van der Waals surface area contributed by atoms with Crippen LogP contribution in [-0.2, 0) is 14.3 Å². The smallest absolute Gasteiger partial charge is 0.329 e. The van der Waals surface area contributed by atoms with Crippen LogP contribution in [0, 0.1) is 0 Å². The summed E-state index contributed by atoms with van der Waals surface area (Å²) in [6.45, 7) is 0. The van der Waals surface area contributed by atoms with Crippen molar-refractivity contribution in [3.05, 3.63) is 47.7 Å². The Morgan fingerprint density at radius 3 is 2.45 bits per heavy atom. The molecule has 6 heteroatoms. The first-order chi connectivity index (χ1) is 10.5. The lowest BCUT2D eigenvalue weighted by molar-refractivity contribution is -0.147. The molecular formula is C16H18N2O4. The molecule has 0 spiro atoms. The molecule has 1 unspecified atom stereocenters. The van der Waals surface area contributed by atoms with Crippen molar-refractivity contribution in [1.29, 1.82) is 0 Å². The van der Waals surface area contributed by atoms with Gasteiger partial charge in [0, 0.05) is 37.9 Å². The van der Waals surface area contributed by atoms with Crippen LogP contribution >= 0.6 is 0 Å². The van der Waals surface area contributed by atoms with Gasteiger partial charge in [-0.2, -0.15) is 0 Å². The quantitative estimate of drug-likeness (QED) is 0.474. The number of rotatable bonds is 3. The first kappa shape index (κ1) is 15.8. The number of imide groups is 1. The Hall–Kier alpha value is -2.63. The molecule has 1 aliphatic rings. The third-order valence-corrected chi connectivity index (χ3v) is 3.35. The third kappa shape index (κ3) is 3.00. The topological polar surface area (TPSA) is 66.9 Å². The molecule has 1 aliphatic heterocycles. The molecule has 1 aromatic rings. The van der Waals surface area contributed by atoms with Gasteiger partial charge in [0.2, 0.25) is 0 Å². The standard InChI is InChI=1S/C16H18N2O4/c1-17(2)10-12-9-13(16(21)22-3)18(15(12)20)14(19)11-7-5-4-6-8-11/h4-8,10,13H,9H2,1-3H3/b12-10+. The van der Waals surface area contributed by atoms with Gasteiger partial charge >= 0.3 is 5.97 Å². The summed E-state index contributed by atoms with van der Waals surface area (Å²) in [5, 5.41) is 0. The molecule has 22 heavy (non-hydrogen) atoms. The van der Waals surface area contributed by atoms with Gasteiger partial charge in [-0.05, 0) is 12.1 Å². The summed E-state index contributed by atoms with van der Waals surface area (Å²) < 4.78 is 4.73. The molecule has 1 saturated heterocycles. The molecule has 0 aliphatic carbocycles. The minimum atomic E-state index is -0.920. The van der Waals surface area contributed by atoms with Gasteiger partial charge in [0.05, 0.1) is 7.11 Å². The SMILES string of the molecule is COC(=O)C1C/C(=C\N(C)C)C(=O)N1C(=O)c1ccccc1. The predicted octanol–water partition coefficient (Wildman–Crippen LogP) is 1.05. The maximum atomic E-state index is 12.6. The predicted molar refractivity (Wildman–Crippen MR) is 79.8 cm³/mol. The van der Waals surface area contributed by atoms with E-state index in [1.807, 2.05) is 0 Å². The maximum Gasteiger partial charge on any atom is 0.329 e. The molecule has 1 atom stereocenters. The summed E-state index contributed by atoms with van der Waals surface area (Å²) in [5.41, 5.74) is 0.764. The van der Waals surface area contributed by atoms with Crippen molar-refractivity contribution < 1.29 is 19.1 Å². The first-order valence-electron chi connectivity index (χ1n) is 6.83. The molecule has 2 amide bonds. The Kier molecular flexibility index (Phi) is 4.60. The number of carbonyl (C=O) groups is 3. The Bertz CT molecular complexity index is 622. The van der Waals surface area contributed by atoms with Gasteiger partial charge < -0.3 is 9.64 Å². The normalized spacial score (nSPS) is 19.4. The molecule has 116 valence electrons. The van der Waals surface area contributed by atoms with E-state index in [-0.39, 0.29) is 6.42 Å². The molecule has 1 aromatic carbocycles. The molecule has 0 radical (unpaired) electrons. The van der Waals surface area contributed by atoms with Crippen molar-refractivity contribution in [3.8, 4) is 0 Å². The van der Waals surface area contributed by atoms with Crippen LogP contribution < -0.4 is 0 Å². The zero-order chi connectivity index (χ0) is 16.3. The summed E-state index contributed by atoms with van der Waals surface area (Å²) >= 11 is 0. The van der Waals surface area contributed by atoms with Crippen molar-refractivity contribution in [1.82, 2.24) is 9.80 Å². The zero-order valence-electron chi connectivity index (χ0n) is 12.8. The lowest BCUT2D eigenvalue weighted by Crippen LogP contribution is -2.43. The van der Waals surface area contributed by atoms with Crippen molar-refractivity contribution in [2.24, 2.45) is 0 Å². The second-order valence-corrected chi connectivity index (χ2v) is 5.21. The summed E-state index contributed by atoms with van der Waals surface area (Å²) in [5.74, 6) is -1.55. The number of hydrogen-bond acceptors (Lipinski definition) is 5. The zero-order valence-corrected chi connectivity index (χ0v) is 12.8. The largest absolute Gasteiger partial charge is 0.467 e. The van der Waals surface area contributed by atoms with Crippen LogP contribution in [-0.4, -0.2) is 54.8 Å². The van der Waals surface area contributed by atoms with Crippen molar-refractivity contribution in [2.75, 3.05) is 21.2 Å². The van der Waals surface area contributed by atoms with Crippen LogP contribution in [0.2, 0.25) is 0 Å². The fraction of sp³-hybridized carbons (Fsp3) is 0.312. The third-order valence-electron chi connectivity index (χ3n) is 3.35. The van der Waals surface area contributed by atoms with E-state index in [2.05, 4.69) is 0 Å². The van der Waals surface area contributed by atoms with E-state index in [1.54, 1.807) is 55.5 Å². The van der Waals surface area contributed by atoms with Crippen LogP contribution in [0.4, 0.5) is 0 Å². The van der Waals surface area contributed by atoms with Gasteiger partial charge in [0.1, 0.15) is 6.04 Å². The number of likely N-dealkylation sites (tertiary alicyclic amines) is 1. The average Bonchev–Trinajstić information content (AvgIpc) is 2.83. The van der Waals surface area contributed by atoms with E-state index in [1.165, 1.54) is 7.11 Å². The van der Waals surface area contributed by atoms with Crippen molar-refractivity contribution in [2.45, 2.75) is 12.5 Å². The van der Waals surface area contributed by atoms with E-state index >= 15 is 0 Å². The first-order valence-corrected chi connectivity index (χ1v) is 6.83. The van der Waals surface area contributed by atoms with E-state index < -0.39 is 23.8 Å². The Morgan fingerprint density at radius 1 is 1.27 bits per heavy atom. The van der Waals surface area contributed by atoms with Crippen LogP contribution in [0.3, 0.4) is 0 Å². The number of ether oxygens (including phenoxy) is 1. The molecular weight excluding hydrogens is 284 g/mol. The van der Waals surface area contributed by atoms with Gasteiger partial charge in [0.25, 0.3) is 11.8 Å². The lowest BCUT2D eigenvalue weighted by atomic mass is 10.1. The maximum absolute atomic E-state index is 12.6. The molecule has 6 nitrogen and oxygen atoms in total. The number of methoxy groups -OCH3 is 1. The average molecular weight is 302 g/mol. The molecule has 2 rings (SSSR count). The molecule has 0 saturated carbocycles. The highest BCUT2D eigenvalue weighted by Gasteiger charge is 2.44. The molecule has 0 bridgehead atoms. The fourth-order valence-electron chi connectivity index (χ4n) is 2.38. The Morgan fingerprint density at radius 2 is 1.91 bits per heavy atom. The molecule has 0 N–H and O–H groups in total.